The summed E-state index contributed by atoms with van der Waals surface area (Å²) in [7, 11) is 0. The van der Waals surface area contributed by atoms with Crippen LogP contribution in [0.15, 0.2) is 0 Å². The van der Waals surface area contributed by atoms with Crippen LogP contribution in [-0.2, 0) is 0 Å². The van der Waals surface area contributed by atoms with Crippen LogP contribution in [0.25, 0.3) is 0 Å². The van der Waals surface area contributed by atoms with Gasteiger partial charge in [0.25, 0.3) is 0 Å². The van der Waals surface area contributed by atoms with E-state index in [0.29, 0.717) is 6.04 Å². The average Bonchev–Trinajstić information content (AvgIpc) is 2.23. The van der Waals surface area contributed by atoms with Gasteiger partial charge in [-0.05, 0) is 44.7 Å². The zero-order valence-electron chi connectivity index (χ0n) is 9.25. The first-order valence-corrected chi connectivity index (χ1v) is 6.34. The maximum absolute atomic E-state index is 6.17. The Morgan fingerprint density at radius 1 is 0.929 bits per heavy atom. The molecular weight excluding hydrogens is 172 g/mol. The van der Waals surface area contributed by atoms with Gasteiger partial charge in [-0.3, -0.25) is 0 Å². The monoisotopic (exact) mass is 196 g/mol. The molecule has 1 saturated heterocycles. The van der Waals surface area contributed by atoms with E-state index in [0.717, 1.165) is 5.92 Å². The Balaban J connectivity index is 1.76. The van der Waals surface area contributed by atoms with E-state index in [1.165, 1.54) is 64.6 Å². The van der Waals surface area contributed by atoms with Gasteiger partial charge in [-0.1, -0.05) is 19.3 Å². The van der Waals surface area contributed by atoms with E-state index in [9.17, 15) is 0 Å². The van der Waals surface area contributed by atoms with Gasteiger partial charge in [0, 0.05) is 12.6 Å². The Kier molecular flexibility index (Phi) is 3.82. The van der Waals surface area contributed by atoms with Crippen molar-refractivity contribution in [3.63, 3.8) is 0 Å². The first-order valence-electron chi connectivity index (χ1n) is 6.34. The zero-order chi connectivity index (χ0) is 9.80. The van der Waals surface area contributed by atoms with E-state index in [4.69, 9.17) is 5.73 Å². The Morgan fingerprint density at radius 3 is 2.36 bits per heavy atom. The fourth-order valence-corrected chi connectivity index (χ4v) is 2.94. The molecule has 2 N–H and O–H groups in total. The van der Waals surface area contributed by atoms with Gasteiger partial charge in [-0.15, -0.1) is 0 Å². The summed E-state index contributed by atoms with van der Waals surface area (Å²) >= 11 is 0. The molecule has 0 radical (unpaired) electrons. The third-order valence-electron chi connectivity index (χ3n) is 3.91. The molecular formula is C12H24N2. The van der Waals surface area contributed by atoms with E-state index in [1.807, 2.05) is 0 Å². The summed E-state index contributed by atoms with van der Waals surface area (Å²) in [6, 6.07) is 0.491. The van der Waals surface area contributed by atoms with Crippen LogP contribution in [0.3, 0.4) is 0 Å². The van der Waals surface area contributed by atoms with E-state index >= 15 is 0 Å². The smallest absolute Gasteiger partial charge is 0.00793 e. The lowest BCUT2D eigenvalue weighted by atomic mass is 9.84. The molecule has 0 aromatic rings. The number of hydrogen-bond acceptors (Lipinski definition) is 2. The van der Waals surface area contributed by atoms with Crippen molar-refractivity contribution < 1.29 is 0 Å². The summed E-state index contributed by atoms with van der Waals surface area (Å²) in [6.45, 7) is 3.92. The van der Waals surface area contributed by atoms with Crippen LogP contribution in [0.5, 0.6) is 0 Å². The van der Waals surface area contributed by atoms with Gasteiger partial charge >= 0.3 is 0 Å². The Labute approximate surface area is 87.8 Å². The zero-order valence-corrected chi connectivity index (χ0v) is 9.25. The summed E-state index contributed by atoms with van der Waals surface area (Å²) in [5.41, 5.74) is 6.17. The molecule has 1 saturated carbocycles. The minimum atomic E-state index is 0.491. The molecule has 2 unspecified atom stereocenters. The van der Waals surface area contributed by atoms with Crippen molar-refractivity contribution in [2.24, 2.45) is 11.7 Å². The molecule has 0 amide bonds. The van der Waals surface area contributed by atoms with Gasteiger partial charge in [0.1, 0.15) is 0 Å². The summed E-state index contributed by atoms with van der Waals surface area (Å²) in [4.78, 5) is 2.64. The van der Waals surface area contributed by atoms with Crippen LogP contribution < -0.4 is 5.73 Å². The highest BCUT2D eigenvalue weighted by molar-refractivity contribution is 4.81. The minimum Gasteiger partial charge on any atom is -0.327 e. The van der Waals surface area contributed by atoms with Crippen LogP contribution in [0.1, 0.15) is 44.9 Å². The number of nitrogens with zero attached hydrogens (tertiary/aromatic N) is 1. The van der Waals surface area contributed by atoms with Gasteiger partial charge in [-0.2, -0.15) is 0 Å². The van der Waals surface area contributed by atoms with E-state index in [-0.39, 0.29) is 0 Å². The van der Waals surface area contributed by atoms with E-state index in [1.54, 1.807) is 0 Å². The van der Waals surface area contributed by atoms with Crippen molar-refractivity contribution in [3.8, 4) is 0 Å². The highest BCUT2D eigenvalue weighted by atomic mass is 15.1. The molecule has 0 spiro atoms. The summed E-state index contributed by atoms with van der Waals surface area (Å²) < 4.78 is 0. The first kappa shape index (κ1) is 10.4. The molecule has 0 aromatic carbocycles. The van der Waals surface area contributed by atoms with Crippen LogP contribution in [0, 0.1) is 5.92 Å². The number of piperidine rings is 1. The largest absolute Gasteiger partial charge is 0.327 e. The second-order valence-electron chi connectivity index (χ2n) is 5.07. The molecule has 2 rings (SSSR count). The predicted molar refractivity (Wildman–Crippen MR) is 60.2 cm³/mol. The number of likely N-dealkylation sites (tertiary alicyclic amines) is 1. The molecule has 0 bridgehead atoms. The lowest BCUT2D eigenvalue weighted by Crippen LogP contribution is -2.42. The van der Waals surface area contributed by atoms with Crippen molar-refractivity contribution >= 4 is 0 Å². The number of nitrogens with two attached hydrogens (primary N) is 1. The fourth-order valence-electron chi connectivity index (χ4n) is 2.94. The highest BCUT2D eigenvalue weighted by Crippen LogP contribution is 2.24. The summed E-state index contributed by atoms with van der Waals surface area (Å²) in [6.07, 6.45) is 9.65. The molecule has 1 aliphatic heterocycles. The third kappa shape index (κ3) is 2.71. The molecule has 1 heterocycles. The van der Waals surface area contributed by atoms with Gasteiger partial charge < -0.3 is 10.6 Å². The van der Waals surface area contributed by atoms with Crippen LogP contribution >= 0.6 is 0 Å². The minimum absolute atomic E-state index is 0.491. The summed E-state index contributed by atoms with van der Waals surface area (Å²) in [5.74, 6) is 0.793. The normalized spacial score (nSPS) is 35.8. The second kappa shape index (κ2) is 5.13. The van der Waals surface area contributed by atoms with Gasteiger partial charge in [0.15, 0.2) is 0 Å². The van der Waals surface area contributed by atoms with Crippen molar-refractivity contribution in [2.75, 3.05) is 19.6 Å². The quantitative estimate of drug-likeness (QED) is 0.732. The number of hydrogen-bond donors (Lipinski definition) is 1. The predicted octanol–water partition coefficient (Wildman–Crippen LogP) is 1.99. The molecule has 0 aromatic heterocycles. The Bertz CT molecular complexity index is 164. The van der Waals surface area contributed by atoms with Crippen LogP contribution in [-0.4, -0.2) is 30.6 Å². The maximum atomic E-state index is 6.17. The molecule has 2 heteroatoms. The molecule has 2 nitrogen and oxygen atoms in total. The molecule has 2 fully saturated rings. The lowest BCUT2D eigenvalue weighted by molar-refractivity contribution is 0.161. The molecule has 1 aliphatic carbocycles. The molecule has 14 heavy (non-hydrogen) atoms. The van der Waals surface area contributed by atoms with Crippen LogP contribution in [0.2, 0.25) is 0 Å². The lowest BCUT2D eigenvalue weighted by Gasteiger charge is -2.35. The van der Waals surface area contributed by atoms with Gasteiger partial charge in [0.2, 0.25) is 0 Å². The average molecular weight is 196 g/mol. The molecule has 2 aliphatic rings. The number of rotatable bonds is 2. The van der Waals surface area contributed by atoms with E-state index in [2.05, 4.69) is 4.90 Å². The van der Waals surface area contributed by atoms with Gasteiger partial charge in [0.05, 0.1) is 0 Å². The van der Waals surface area contributed by atoms with Gasteiger partial charge in [-0.25, -0.2) is 0 Å². The Hall–Kier alpha value is -0.0800. The van der Waals surface area contributed by atoms with Crippen LogP contribution in [0.4, 0.5) is 0 Å². The second-order valence-corrected chi connectivity index (χ2v) is 5.07. The van der Waals surface area contributed by atoms with E-state index < -0.39 is 0 Å². The molecule has 82 valence electrons. The highest BCUT2D eigenvalue weighted by Gasteiger charge is 2.24. The summed E-state index contributed by atoms with van der Waals surface area (Å²) in [5, 5.41) is 0. The van der Waals surface area contributed by atoms with Crippen molar-refractivity contribution in [1.82, 2.24) is 4.90 Å². The van der Waals surface area contributed by atoms with Crippen molar-refractivity contribution in [2.45, 2.75) is 51.0 Å². The fraction of sp³-hybridized carbons (Fsp3) is 1.00. The first-order chi connectivity index (χ1) is 6.86. The SMILES string of the molecule is NC1CCCCC1CN1CCCCC1. The van der Waals surface area contributed by atoms with Crippen molar-refractivity contribution in [1.29, 1.82) is 0 Å². The Morgan fingerprint density at radius 2 is 1.64 bits per heavy atom. The van der Waals surface area contributed by atoms with Crippen molar-refractivity contribution in [3.05, 3.63) is 0 Å². The maximum Gasteiger partial charge on any atom is 0.00793 e. The topological polar surface area (TPSA) is 29.3 Å². The standard InChI is InChI=1S/C12H24N2/c13-12-7-3-2-6-11(12)10-14-8-4-1-5-9-14/h11-12H,1-10,13H2. The third-order valence-corrected chi connectivity index (χ3v) is 3.91. The molecule has 2 atom stereocenters.